The molecule has 1 aliphatic rings. The fraction of sp³-hybridized carbons (Fsp3) is 0.333. The molecule has 4 nitrogen and oxygen atoms in total. The highest BCUT2D eigenvalue weighted by atomic mass is 19.2. The summed E-state index contributed by atoms with van der Waals surface area (Å²) in [6.45, 7) is 1.67. The van der Waals surface area contributed by atoms with Crippen LogP contribution in [0.15, 0.2) is 18.2 Å². The SMILES string of the molecule is CC(=O)CN1CC(c2ccc(F)c(F)c2)NC1=O. The van der Waals surface area contributed by atoms with Crippen molar-refractivity contribution in [1.82, 2.24) is 10.2 Å². The quantitative estimate of drug-likeness (QED) is 0.891. The van der Waals surface area contributed by atoms with Crippen LogP contribution in [0.3, 0.4) is 0 Å². The molecule has 1 aliphatic heterocycles. The summed E-state index contributed by atoms with van der Waals surface area (Å²) in [5.41, 5.74) is 0.480. The van der Waals surface area contributed by atoms with Crippen molar-refractivity contribution in [2.45, 2.75) is 13.0 Å². The first kappa shape index (κ1) is 12.5. The van der Waals surface area contributed by atoms with Gasteiger partial charge in [0.15, 0.2) is 11.6 Å². The van der Waals surface area contributed by atoms with Crippen molar-refractivity contribution in [3.8, 4) is 0 Å². The number of amides is 2. The van der Waals surface area contributed by atoms with E-state index in [-0.39, 0.29) is 24.9 Å². The predicted molar refractivity (Wildman–Crippen MR) is 59.9 cm³/mol. The zero-order chi connectivity index (χ0) is 13.3. The number of benzene rings is 1. The first-order chi connectivity index (χ1) is 8.47. The molecule has 0 saturated carbocycles. The third-order valence-electron chi connectivity index (χ3n) is 2.75. The smallest absolute Gasteiger partial charge is 0.318 e. The molecular formula is C12H12F2N2O2. The minimum atomic E-state index is -0.952. The number of hydrogen-bond acceptors (Lipinski definition) is 2. The third-order valence-corrected chi connectivity index (χ3v) is 2.75. The average Bonchev–Trinajstić information content (AvgIpc) is 2.63. The second-order valence-corrected chi connectivity index (χ2v) is 4.26. The Kier molecular flexibility index (Phi) is 3.27. The van der Waals surface area contributed by atoms with Gasteiger partial charge >= 0.3 is 6.03 Å². The van der Waals surface area contributed by atoms with Gasteiger partial charge in [-0.15, -0.1) is 0 Å². The number of urea groups is 1. The van der Waals surface area contributed by atoms with Gasteiger partial charge in [-0.3, -0.25) is 4.79 Å². The summed E-state index contributed by atoms with van der Waals surface area (Å²) in [5, 5.41) is 2.62. The molecule has 0 aliphatic carbocycles. The molecule has 18 heavy (non-hydrogen) atoms. The highest BCUT2D eigenvalue weighted by Crippen LogP contribution is 2.21. The molecule has 0 spiro atoms. The number of ketones is 1. The van der Waals surface area contributed by atoms with Gasteiger partial charge < -0.3 is 10.2 Å². The molecule has 0 radical (unpaired) electrons. The number of halogens is 2. The molecule has 1 saturated heterocycles. The highest BCUT2D eigenvalue weighted by molar-refractivity contribution is 5.85. The lowest BCUT2D eigenvalue weighted by molar-refractivity contribution is -0.117. The summed E-state index contributed by atoms with van der Waals surface area (Å²) in [6, 6.07) is 2.69. The molecular weight excluding hydrogens is 242 g/mol. The van der Waals surface area contributed by atoms with Gasteiger partial charge in [-0.1, -0.05) is 6.07 Å². The molecule has 2 amide bonds. The standard InChI is InChI=1S/C12H12F2N2O2/c1-7(17)5-16-6-11(15-12(16)18)8-2-3-9(13)10(14)4-8/h2-4,11H,5-6H2,1H3,(H,15,18). The summed E-state index contributed by atoms with van der Waals surface area (Å²) >= 11 is 0. The topological polar surface area (TPSA) is 49.4 Å². The van der Waals surface area contributed by atoms with Crippen LogP contribution in [-0.4, -0.2) is 29.8 Å². The number of nitrogens with one attached hydrogen (secondary N) is 1. The van der Waals surface area contributed by atoms with Crippen LogP contribution in [0, 0.1) is 11.6 Å². The zero-order valence-electron chi connectivity index (χ0n) is 9.74. The van der Waals surface area contributed by atoms with Crippen LogP contribution in [0.25, 0.3) is 0 Å². The lowest BCUT2D eigenvalue weighted by Crippen LogP contribution is -2.32. The maximum atomic E-state index is 13.1. The predicted octanol–water partition coefficient (Wildman–Crippen LogP) is 1.62. The van der Waals surface area contributed by atoms with Crippen LogP contribution in [0.2, 0.25) is 0 Å². The van der Waals surface area contributed by atoms with E-state index in [1.165, 1.54) is 17.9 Å². The second kappa shape index (κ2) is 4.72. The minimum Gasteiger partial charge on any atom is -0.329 e. The van der Waals surface area contributed by atoms with Gasteiger partial charge in [0.2, 0.25) is 0 Å². The van der Waals surface area contributed by atoms with Crippen molar-refractivity contribution >= 4 is 11.8 Å². The van der Waals surface area contributed by atoms with E-state index in [0.717, 1.165) is 12.1 Å². The van der Waals surface area contributed by atoms with E-state index >= 15 is 0 Å². The molecule has 1 N–H and O–H groups in total. The first-order valence-corrected chi connectivity index (χ1v) is 5.47. The van der Waals surface area contributed by atoms with Crippen LogP contribution >= 0.6 is 0 Å². The van der Waals surface area contributed by atoms with Gasteiger partial charge in [0, 0.05) is 6.54 Å². The Bertz CT molecular complexity index is 505. The molecule has 1 aromatic carbocycles. The Morgan fingerprint density at radius 3 is 2.78 bits per heavy atom. The van der Waals surface area contributed by atoms with Gasteiger partial charge in [0.25, 0.3) is 0 Å². The molecule has 1 aromatic rings. The van der Waals surface area contributed by atoms with Gasteiger partial charge in [-0.25, -0.2) is 13.6 Å². The fourth-order valence-electron chi connectivity index (χ4n) is 1.91. The zero-order valence-corrected chi connectivity index (χ0v) is 9.74. The lowest BCUT2D eigenvalue weighted by atomic mass is 10.1. The number of rotatable bonds is 3. The van der Waals surface area contributed by atoms with Crippen LogP contribution in [0.5, 0.6) is 0 Å². The van der Waals surface area contributed by atoms with Crippen LogP contribution < -0.4 is 5.32 Å². The third kappa shape index (κ3) is 2.47. The number of Topliss-reactive ketones (excluding diaryl/α,β-unsaturated/α-hetero) is 1. The van der Waals surface area contributed by atoms with E-state index in [9.17, 15) is 18.4 Å². The second-order valence-electron chi connectivity index (χ2n) is 4.26. The summed E-state index contributed by atoms with van der Waals surface area (Å²) in [4.78, 5) is 23.8. The summed E-state index contributed by atoms with van der Waals surface area (Å²) in [5.74, 6) is -2.01. The number of nitrogens with zero attached hydrogens (tertiary/aromatic N) is 1. The molecule has 96 valence electrons. The Balaban J connectivity index is 2.14. The van der Waals surface area contributed by atoms with Gasteiger partial charge in [-0.2, -0.15) is 0 Å². The van der Waals surface area contributed by atoms with Crippen molar-refractivity contribution in [3.63, 3.8) is 0 Å². The van der Waals surface area contributed by atoms with E-state index in [2.05, 4.69) is 5.32 Å². The van der Waals surface area contributed by atoms with Crippen molar-refractivity contribution in [1.29, 1.82) is 0 Å². The van der Waals surface area contributed by atoms with Crippen molar-refractivity contribution < 1.29 is 18.4 Å². The summed E-state index contributed by atoms with van der Waals surface area (Å²) < 4.78 is 25.9. The van der Waals surface area contributed by atoms with Crippen molar-refractivity contribution in [2.24, 2.45) is 0 Å². The van der Waals surface area contributed by atoms with E-state index in [4.69, 9.17) is 0 Å². The lowest BCUT2D eigenvalue weighted by Gasteiger charge is -2.12. The average molecular weight is 254 g/mol. The van der Waals surface area contributed by atoms with Crippen molar-refractivity contribution in [2.75, 3.05) is 13.1 Å². The fourth-order valence-corrected chi connectivity index (χ4v) is 1.91. The number of hydrogen-bond donors (Lipinski definition) is 1. The maximum absolute atomic E-state index is 13.1. The minimum absolute atomic E-state index is 0.0199. The Morgan fingerprint density at radius 1 is 1.44 bits per heavy atom. The van der Waals surface area contributed by atoms with E-state index in [1.54, 1.807) is 0 Å². The van der Waals surface area contributed by atoms with Crippen molar-refractivity contribution in [3.05, 3.63) is 35.4 Å². The van der Waals surface area contributed by atoms with Gasteiger partial charge in [-0.05, 0) is 24.6 Å². The maximum Gasteiger partial charge on any atom is 0.318 e. The number of carbonyl (C=O) groups excluding carboxylic acids is 2. The molecule has 0 aromatic heterocycles. The summed E-state index contributed by atoms with van der Waals surface area (Å²) in [7, 11) is 0. The first-order valence-electron chi connectivity index (χ1n) is 5.47. The van der Waals surface area contributed by atoms with E-state index in [0.29, 0.717) is 5.56 Å². The normalized spacial score (nSPS) is 18.9. The molecule has 1 heterocycles. The molecule has 2 rings (SSSR count). The van der Waals surface area contributed by atoms with Crippen LogP contribution in [-0.2, 0) is 4.79 Å². The monoisotopic (exact) mass is 254 g/mol. The molecule has 1 atom stereocenters. The number of carbonyl (C=O) groups is 2. The Hall–Kier alpha value is -1.98. The molecule has 6 heteroatoms. The largest absolute Gasteiger partial charge is 0.329 e. The highest BCUT2D eigenvalue weighted by Gasteiger charge is 2.30. The van der Waals surface area contributed by atoms with E-state index in [1.807, 2.05) is 0 Å². The van der Waals surface area contributed by atoms with Gasteiger partial charge in [0.1, 0.15) is 5.78 Å². The van der Waals surface area contributed by atoms with Crippen LogP contribution in [0.1, 0.15) is 18.5 Å². The molecule has 1 fully saturated rings. The summed E-state index contributed by atoms with van der Waals surface area (Å²) in [6.07, 6.45) is 0. The Labute approximate surface area is 103 Å². The van der Waals surface area contributed by atoms with Gasteiger partial charge in [0.05, 0.1) is 12.6 Å². The molecule has 1 unspecified atom stereocenters. The molecule has 0 bridgehead atoms. The van der Waals surface area contributed by atoms with Crippen LogP contribution in [0.4, 0.5) is 13.6 Å². The Morgan fingerprint density at radius 2 is 2.17 bits per heavy atom. The van der Waals surface area contributed by atoms with E-state index < -0.39 is 17.7 Å².